The molecule has 3 heteroatoms. The van der Waals surface area contributed by atoms with E-state index in [1.807, 2.05) is 18.2 Å². The molecule has 1 fully saturated rings. The van der Waals surface area contributed by atoms with Gasteiger partial charge in [0.25, 0.3) is 0 Å². The van der Waals surface area contributed by atoms with Gasteiger partial charge in [-0.2, -0.15) is 5.10 Å². The minimum Gasteiger partial charge on any atom is -0.382 e. The molecule has 0 radical (unpaired) electrons. The van der Waals surface area contributed by atoms with Gasteiger partial charge < -0.3 is 11.6 Å². The van der Waals surface area contributed by atoms with Crippen LogP contribution in [0.1, 0.15) is 29.9 Å². The first-order valence-electron chi connectivity index (χ1n) is 4.45. The second-order valence-corrected chi connectivity index (χ2v) is 3.38. The number of nitrogens with two attached hydrogens (primary N) is 2. The van der Waals surface area contributed by atoms with Crippen LogP contribution in [0.4, 0.5) is 0 Å². The van der Waals surface area contributed by atoms with Gasteiger partial charge in [0.05, 0.1) is 0 Å². The molecule has 0 amide bonds. The Morgan fingerprint density at radius 3 is 2.62 bits per heavy atom. The van der Waals surface area contributed by atoms with E-state index in [-0.39, 0.29) is 0 Å². The molecule has 0 unspecified atom stereocenters. The van der Waals surface area contributed by atoms with E-state index >= 15 is 0 Å². The molecule has 1 aromatic carbocycles. The Bertz CT molecular complexity index is 340. The van der Waals surface area contributed by atoms with Crippen molar-refractivity contribution >= 4 is 5.84 Å². The standard InChI is InChI=1S/C10H13N3/c11-10(13-12)9-4-2-1-3-8(9)7-5-6-7/h1-4,7H,5-6,12H2,(H2,11,13). The van der Waals surface area contributed by atoms with Crippen molar-refractivity contribution in [3.8, 4) is 0 Å². The summed E-state index contributed by atoms with van der Waals surface area (Å²) in [6, 6.07) is 8.06. The molecule has 0 bridgehead atoms. The van der Waals surface area contributed by atoms with E-state index in [2.05, 4.69) is 11.2 Å². The summed E-state index contributed by atoms with van der Waals surface area (Å²) >= 11 is 0. The average Bonchev–Trinajstić information content (AvgIpc) is 3.00. The van der Waals surface area contributed by atoms with Gasteiger partial charge >= 0.3 is 0 Å². The number of rotatable bonds is 2. The van der Waals surface area contributed by atoms with Crippen molar-refractivity contribution in [3.63, 3.8) is 0 Å². The summed E-state index contributed by atoms with van der Waals surface area (Å²) in [5, 5.41) is 3.52. The van der Waals surface area contributed by atoms with Crippen molar-refractivity contribution < 1.29 is 0 Å². The van der Waals surface area contributed by atoms with E-state index in [4.69, 9.17) is 11.6 Å². The zero-order chi connectivity index (χ0) is 9.26. The van der Waals surface area contributed by atoms with E-state index in [9.17, 15) is 0 Å². The Morgan fingerprint density at radius 1 is 1.31 bits per heavy atom. The van der Waals surface area contributed by atoms with Crippen LogP contribution in [0.15, 0.2) is 29.4 Å². The van der Waals surface area contributed by atoms with Crippen LogP contribution >= 0.6 is 0 Å². The van der Waals surface area contributed by atoms with Gasteiger partial charge in [-0.05, 0) is 24.3 Å². The minimum atomic E-state index is 0.433. The summed E-state index contributed by atoms with van der Waals surface area (Å²) in [5.41, 5.74) is 7.96. The Hall–Kier alpha value is -1.51. The van der Waals surface area contributed by atoms with Crippen LogP contribution in [-0.4, -0.2) is 5.84 Å². The maximum atomic E-state index is 5.69. The van der Waals surface area contributed by atoms with Crippen LogP contribution < -0.4 is 11.6 Å². The van der Waals surface area contributed by atoms with Gasteiger partial charge in [-0.25, -0.2) is 0 Å². The lowest BCUT2D eigenvalue weighted by molar-refractivity contribution is 1.11. The van der Waals surface area contributed by atoms with Gasteiger partial charge in [0.15, 0.2) is 5.84 Å². The van der Waals surface area contributed by atoms with Crippen molar-refractivity contribution in [3.05, 3.63) is 35.4 Å². The first-order chi connectivity index (χ1) is 6.33. The highest BCUT2D eigenvalue weighted by Gasteiger charge is 2.26. The normalized spacial score (nSPS) is 17.4. The van der Waals surface area contributed by atoms with E-state index in [1.54, 1.807) is 0 Å². The van der Waals surface area contributed by atoms with Crippen molar-refractivity contribution in [1.29, 1.82) is 0 Å². The molecule has 1 aliphatic carbocycles. The van der Waals surface area contributed by atoms with Crippen LogP contribution in [0.3, 0.4) is 0 Å². The number of hydrogen-bond acceptors (Lipinski definition) is 2. The molecule has 4 N–H and O–H groups in total. The molecular formula is C10H13N3. The topological polar surface area (TPSA) is 64.4 Å². The molecule has 1 saturated carbocycles. The maximum absolute atomic E-state index is 5.69. The third-order valence-electron chi connectivity index (χ3n) is 2.39. The molecule has 0 aromatic heterocycles. The van der Waals surface area contributed by atoms with Crippen molar-refractivity contribution in [2.24, 2.45) is 16.7 Å². The Morgan fingerprint density at radius 2 is 2.00 bits per heavy atom. The van der Waals surface area contributed by atoms with Crippen molar-refractivity contribution in [2.75, 3.05) is 0 Å². The Kier molecular flexibility index (Phi) is 1.93. The molecule has 2 rings (SSSR count). The van der Waals surface area contributed by atoms with Crippen LogP contribution in [0, 0.1) is 0 Å². The fourth-order valence-corrected chi connectivity index (χ4v) is 1.55. The molecule has 0 heterocycles. The van der Waals surface area contributed by atoms with E-state index in [1.165, 1.54) is 18.4 Å². The predicted octanol–water partition coefficient (Wildman–Crippen LogP) is 1.14. The third kappa shape index (κ3) is 1.49. The molecule has 3 nitrogen and oxygen atoms in total. The summed E-state index contributed by atoms with van der Waals surface area (Å²) < 4.78 is 0. The molecule has 0 saturated heterocycles. The third-order valence-corrected chi connectivity index (χ3v) is 2.39. The molecule has 68 valence electrons. The smallest absolute Gasteiger partial charge is 0.150 e. The first kappa shape index (κ1) is 8.10. The van der Waals surface area contributed by atoms with Gasteiger partial charge in [0.1, 0.15) is 0 Å². The molecule has 0 aliphatic heterocycles. The summed E-state index contributed by atoms with van der Waals surface area (Å²) in [6.45, 7) is 0. The largest absolute Gasteiger partial charge is 0.382 e. The number of hydrazone groups is 1. The number of nitrogens with zero attached hydrogens (tertiary/aromatic N) is 1. The second-order valence-electron chi connectivity index (χ2n) is 3.38. The number of amidine groups is 1. The van der Waals surface area contributed by atoms with Crippen molar-refractivity contribution in [2.45, 2.75) is 18.8 Å². The van der Waals surface area contributed by atoms with Gasteiger partial charge in [0.2, 0.25) is 0 Å². The zero-order valence-corrected chi connectivity index (χ0v) is 7.40. The van der Waals surface area contributed by atoms with E-state index in [0.29, 0.717) is 11.8 Å². The number of benzene rings is 1. The highest BCUT2D eigenvalue weighted by atomic mass is 15.2. The van der Waals surface area contributed by atoms with Crippen LogP contribution in [0.25, 0.3) is 0 Å². The van der Waals surface area contributed by atoms with Gasteiger partial charge in [-0.1, -0.05) is 24.3 Å². The maximum Gasteiger partial charge on any atom is 0.150 e. The lowest BCUT2D eigenvalue weighted by Crippen LogP contribution is -2.17. The van der Waals surface area contributed by atoms with Gasteiger partial charge in [-0.3, -0.25) is 0 Å². The Balaban J connectivity index is 2.42. The van der Waals surface area contributed by atoms with Gasteiger partial charge in [0, 0.05) is 5.56 Å². The van der Waals surface area contributed by atoms with Crippen LogP contribution in [0.5, 0.6) is 0 Å². The molecule has 1 aliphatic rings. The highest BCUT2D eigenvalue weighted by molar-refractivity contribution is 5.98. The quantitative estimate of drug-likeness (QED) is 0.306. The zero-order valence-electron chi connectivity index (χ0n) is 7.40. The van der Waals surface area contributed by atoms with Crippen molar-refractivity contribution in [1.82, 2.24) is 0 Å². The van der Waals surface area contributed by atoms with E-state index in [0.717, 1.165) is 5.56 Å². The summed E-state index contributed by atoms with van der Waals surface area (Å²) in [7, 11) is 0. The molecular weight excluding hydrogens is 162 g/mol. The molecule has 0 spiro atoms. The predicted molar refractivity (Wildman–Crippen MR) is 53.3 cm³/mol. The fourth-order valence-electron chi connectivity index (χ4n) is 1.55. The summed E-state index contributed by atoms with van der Waals surface area (Å²) in [6.07, 6.45) is 2.52. The SMILES string of the molecule is NN=C(N)c1ccccc1C1CC1. The van der Waals surface area contributed by atoms with Crippen LogP contribution in [0.2, 0.25) is 0 Å². The fraction of sp³-hybridized carbons (Fsp3) is 0.300. The number of hydrogen-bond donors (Lipinski definition) is 2. The van der Waals surface area contributed by atoms with Crippen LogP contribution in [-0.2, 0) is 0 Å². The summed E-state index contributed by atoms with van der Waals surface area (Å²) in [4.78, 5) is 0. The first-order valence-corrected chi connectivity index (χ1v) is 4.45. The Labute approximate surface area is 77.4 Å². The van der Waals surface area contributed by atoms with Gasteiger partial charge in [-0.15, -0.1) is 0 Å². The highest BCUT2D eigenvalue weighted by Crippen LogP contribution is 2.41. The lowest BCUT2D eigenvalue weighted by Gasteiger charge is -2.06. The molecule has 1 aromatic rings. The molecule has 13 heavy (non-hydrogen) atoms. The minimum absolute atomic E-state index is 0.433. The van der Waals surface area contributed by atoms with E-state index < -0.39 is 0 Å². The summed E-state index contributed by atoms with van der Waals surface area (Å²) in [5.74, 6) is 6.27. The lowest BCUT2D eigenvalue weighted by atomic mass is 10.0. The second kappa shape index (κ2) is 3.09. The monoisotopic (exact) mass is 175 g/mol. The average molecular weight is 175 g/mol. The molecule has 0 atom stereocenters.